The highest BCUT2D eigenvalue weighted by atomic mass is 32.1. The van der Waals surface area contributed by atoms with Crippen molar-refractivity contribution in [1.82, 2.24) is 19.9 Å². The molecule has 9 nitrogen and oxygen atoms in total. The minimum absolute atomic E-state index is 0.339. The molecule has 0 fully saturated rings. The molecule has 11 heteroatoms. The maximum atomic E-state index is 13.4. The van der Waals surface area contributed by atoms with Crippen molar-refractivity contribution in [2.75, 3.05) is 50.6 Å². The van der Waals surface area contributed by atoms with E-state index in [1.54, 1.807) is 0 Å². The van der Waals surface area contributed by atoms with Gasteiger partial charge in [0, 0.05) is 32.4 Å². The molecule has 200 valence electrons. The second kappa shape index (κ2) is 13.6. The van der Waals surface area contributed by atoms with Gasteiger partial charge in [-0.1, -0.05) is 6.07 Å². The normalized spacial score (nSPS) is 14.8. The third kappa shape index (κ3) is 7.56. The molecule has 3 N–H and O–H groups in total. The summed E-state index contributed by atoms with van der Waals surface area (Å²) in [6, 6.07) is 5.32. The molecule has 3 aromatic heterocycles. The number of carboxylic acids is 1. The van der Waals surface area contributed by atoms with Crippen molar-refractivity contribution in [2.45, 2.75) is 50.7 Å². The Morgan fingerprint density at radius 3 is 3.00 bits per heavy atom. The molecule has 0 saturated heterocycles. The Morgan fingerprint density at radius 2 is 2.19 bits per heavy atom. The van der Waals surface area contributed by atoms with Gasteiger partial charge in [0.15, 0.2) is 0 Å². The van der Waals surface area contributed by atoms with Crippen LogP contribution in [0.4, 0.5) is 16.0 Å². The Bertz CT molecular complexity index is 1160. The number of carbonyl (C=O) groups is 1. The molecule has 0 aliphatic carbocycles. The lowest BCUT2D eigenvalue weighted by molar-refractivity contribution is -0.138. The van der Waals surface area contributed by atoms with Gasteiger partial charge < -0.3 is 25.4 Å². The van der Waals surface area contributed by atoms with Gasteiger partial charge in [-0.2, -0.15) is 0 Å². The Hall–Kier alpha value is -2.89. The number of methoxy groups -OCH3 is 1. The zero-order valence-corrected chi connectivity index (χ0v) is 22.0. The van der Waals surface area contributed by atoms with Gasteiger partial charge in [0.25, 0.3) is 0 Å². The minimum atomic E-state index is -0.956. The molecule has 1 aliphatic heterocycles. The molecule has 0 spiro atoms. The quantitative estimate of drug-likeness (QED) is 0.251. The zero-order chi connectivity index (χ0) is 26.0. The van der Waals surface area contributed by atoms with E-state index in [0.29, 0.717) is 25.3 Å². The van der Waals surface area contributed by atoms with Crippen LogP contribution in [-0.2, 0) is 22.4 Å². The summed E-state index contributed by atoms with van der Waals surface area (Å²) >= 11 is 1.48. The van der Waals surface area contributed by atoms with E-state index in [4.69, 9.17) is 9.72 Å². The summed E-state index contributed by atoms with van der Waals surface area (Å²) in [5, 5.41) is 19.0. The number of nitrogens with one attached hydrogen (secondary N) is 2. The summed E-state index contributed by atoms with van der Waals surface area (Å²) < 4.78 is 18.7. The maximum Gasteiger partial charge on any atom is 0.326 e. The molecule has 0 amide bonds. The van der Waals surface area contributed by atoms with E-state index in [-0.39, 0.29) is 0 Å². The molecule has 0 radical (unpaired) electrons. The Kier molecular flexibility index (Phi) is 9.98. The number of thiophene rings is 1. The molecule has 2 unspecified atom stereocenters. The van der Waals surface area contributed by atoms with Gasteiger partial charge in [0.2, 0.25) is 0 Å². The number of ether oxygens (including phenoxy) is 1. The highest BCUT2D eigenvalue weighted by molar-refractivity contribution is 7.16. The van der Waals surface area contributed by atoms with Crippen LogP contribution in [0.25, 0.3) is 10.2 Å². The summed E-state index contributed by atoms with van der Waals surface area (Å²) in [5.41, 5.74) is 2.35. The predicted octanol–water partition coefficient (Wildman–Crippen LogP) is 4.01. The van der Waals surface area contributed by atoms with E-state index in [9.17, 15) is 14.3 Å². The Morgan fingerprint density at radius 1 is 1.30 bits per heavy atom. The summed E-state index contributed by atoms with van der Waals surface area (Å²) in [6.45, 7) is 1.99. The monoisotopic (exact) mass is 530 g/mol. The third-order valence-electron chi connectivity index (χ3n) is 6.68. The third-order valence-corrected chi connectivity index (χ3v) is 7.50. The number of hydrogen-bond acceptors (Lipinski definition) is 9. The first-order valence-electron chi connectivity index (χ1n) is 12.8. The number of aryl methyl sites for hydroxylation is 2. The smallest absolute Gasteiger partial charge is 0.326 e. The van der Waals surface area contributed by atoms with Crippen LogP contribution in [0.15, 0.2) is 29.9 Å². The van der Waals surface area contributed by atoms with Gasteiger partial charge in [0.05, 0.1) is 11.5 Å². The largest absolute Gasteiger partial charge is 0.480 e. The number of anilines is 2. The molecule has 4 rings (SSSR count). The van der Waals surface area contributed by atoms with Crippen LogP contribution in [0.1, 0.15) is 36.9 Å². The van der Waals surface area contributed by atoms with E-state index >= 15 is 0 Å². The highest BCUT2D eigenvalue weighted by Gasteiger charge is 2.22. The number of carboxylic acid groups (broad SMARTS) is 1. The average Bonchev–Trinajstić information content (AvgIpc) is 3.41. The molecule has 2 atom stereocenters. The minimum Gasteiger partial charge on any atom is -0.480 e. The van der Waals surface area contributed by atoms with Gasteiger partial charge in [-0.3, -0.25) is 0 Å². The molecule has 1 aliphatic rings. The van der Waals surface area contributed by atoms with Gasteiger partial charge in [0.1, 0.15) is 35.5 Å². The molecule has 0 aromatic carbocycles. The van der Waals surface area contributed by atoms with Crippen molar-refractivity contribution < 1.29 is 19.0 Å². The number of unbranched alkanes of at least 4 members (excludes halogenated alkanes) is 1. The van der Waals surface area contributed by atoms with Crippen LogP contribution in [0.5, 0.6) is 0 Å². The first kappa shape index (κ1) is 27.2. The average molecular weight is 531 g/mol. The number of hydrogen-bond donors (Lipinski definition) is 3. The lowest BCUT2D eigenvalue weighted by Gasteiger charge is -2.27. The molecule has 0 saturated carbocycles. The number of alkyl halides is 1. The fourth-order valence-corrected chi connectivity index (χ4v) is 5.29. The maximum absolute atomic E-state index is 13.4. The zero-order valence-electron chi connectivity index (χ0n) is 21.2. The van der Waals surface area contributed by atoms with Crippen LogP contribution in [0, 0.1) is 0 Å². The summed E-state index contributed by atoms with van der Waals surface area (Å²) in [6.07, 6.45) is 6.13. The van der Waals surface area contributed by atoms with Crippen molar-refractivity contribution in [3.63, 3.8) is 0 Å². The summed E-state index contributed by atoms with van der Waals surface area (Å²) in [5.74, 6) is 0.561. The first-order valence-corrected chi connectivity index (χ1v) is 13.7. The molecule has 37 heavy (non-hydrogen) atoms. The van der Waals surface area contributed by atoms with Crippen LogP contribution in [0.2, 0.25) is 0 Å². The summed E-state index contributed by atoms with van der Waals surface area (Å²) in [4.78, 5) is 28.2. The van der Waals surface area contributed by atoms with Crippen LogP contribution < -0.4 is 10.6 Å². The van der Waals surface area contributed by atoms with E-state index in [0.717, 1.165) is 66.9 Å². The van der Waals surface area contributed by atoms with Crippen molar-refractivity contribution in [3.8, 4) is 0 Å². The lowest BCUT2D eigenvalue weighted by atomic mass is 10.1. The standard InChI is InChI=1S/C26H35FN6O3S/c1-36-20(15-27)16-33(12-3-2-6-19-8-7-18-5-4-11-28-23(18)31-19)13-9-22(26(34)35)32-24-21-10-14-37-25(21)30-17-29-24/h7-8,10,14,17,20,22H,2-6,9,11-13,15-16H2,1H3,(H,28,31)(H,34,35)(H,29,30,32). The number of pyridine rings is 1. The predicted molar refractivity (Wildman–Crippen MR) is 144 cm³/mol. The van der Waals surface area contributed by atoms with Gasteiger partial charge in [-0.05, 0) is 68.1 Å². The molecular formula is C26H35FN6O3S. The fourth-order valence-electron chi connectivity index (χ4n) is 4.56. The fraction of sp³-hybridized carbons (Fsp3) is 0.538. The van der Waals surface area contributed by atoms with Gasteiger partial charge in [-0.15, -0.1) is 11.3 Å². The second-order valence-corrected chi connectivity index (χ2v) is 10.2. The number of aromatic nitrogens is 3. The molecule has 4 heterocycles. The molecular weight excluding hydrogens is 495 g/mol. The number of aliphatic carboxylic acids is 1. The van der Waals surface area contributed by atoms with E-state index in [1.807, 2.05) is 11.4 Å². The number of fused-ring (bicyclic) bond motifs is 2. The van der Waals surface area contributed by atoms with Crippen molar-refractivity contribution in [3.05, 3.63) is 41.2 Å². The van der Waals surface area contributed by atoms with Crippen molar-refractivity contribution in [2.24, 2.45) is 0 Å². The number of rotatable bonds is 15. The topological polar surface area (TPSA) is 113 Å². The Labute approximate surface area is 220 Å². The van der Waals surface area contributed by atoms with E-state index in [1.165, 1.54) is 30.3 Å². The van der Waals surface area contributed by atoms with E-state index in [2.05, 4.69) is 37.6 Å². The number of halogens is 1. The lowest BCUT2D eigenvalue weighted by Crippen LogP contribution is -2.39. The van der Waals surface area contributed by atoms with Crippen LogP contribution in [0.3, 0.4) is 0 Å². The first-order chi connectivity index (χ1) is 18.1. The second-order valence-electron chi connectivity index (χ2n) is 9.30. The molecule has 3 aromatic rings. The number of nitrogens with zero attached hydrogens (tertiary/aromatic N) is 4. The van der Waals surface area contributed by atoms with Crippen LogP contribution in [-0.4, -0.2) is 83.0 Å². The SMILES string of the molecule is COC(CF)CN(CCCCc1ccc2c(n1)NCCC2)CCC(Nc1ncnc2sccc12)C(=O)O. The van der Waals surface area contributed by atoms with E-state index < -0.39 is 24.8 Å². The summed E-state index contributed by atoms with van der Waals surface area (Å²) in [7, 11) is 1.50. The molecule has 0 bridgehead atoms. The van der Waals surface area contributed by atoms with Crippen molar-refractivity contribution in [1.29, 1.82) is 0 Å². The van der Waals surface area contributed by atoms with Gasteiger partial charge >= 0.3 is 5.97 Å². The Balaban J connectivity index is 1.32. The van der Waals surface area contributed by atoms with Crippen LogP contribution >= 0.6 is 11.3 Å². The highest BCUT2D eigenvalue weighted by Crippen LogP contribution is 2.25. The van der Waals surface area contributed by atoms with Crippen molar-refractivity contribution >= 4 is 39.2 Å². The van der Waals surface area contributed by atoms with Gasteiger partial charge in [-0.25, -0.2) is 24.1 Å².